The lowest BCUT2D eigenvalue weighted by Crippen LogP contribution is -2.21. The molecule has 2 rings (SSSR count). The summed E-state index contributed by atoms with van der Waals surface area (Å²) in [6.07, 6.45) is 7.33. The van der Waals surface area contributed by atoms with Gasteiger partial charge in [-0.1, -0.05) is 37.4 Å². The van der Waals surface area contributed by atoms with Gasteiger partial charge in [-0.2, -0.15) is 0 Å². The molecule has 1 saturated carbocycles. The van der Waals surface area contributed by atoms with Gasteiger partial charge in [0.15, 0.2) is 0 Å². The fourth-order valence-corrected chi connectivity index (χ4v) is 3.66. The number of likely N-dealkylation sites (N-methyl/N-ethyl adjacent to an activating group) is 1. The van der Waals surface area contributed by atoms with Crippen LogP contribution in [-0.4, -0.2) is 38.3 Å². The van der Waals surface area contributed by atoms with Crippen molar-refractivity contribution in [1.82, 2.24) is 14.9 Å². The average molecular weight is 411 g/mol. The Morgan fingerprint density at radius 2 is 1.93 bits per heavy atom. The minimum Gasteiger partial charge on any atom is -0.390 e. The predicted octanol–water partition coefficient (Wildman–Crippen LogP) is 5.24. The van der Waals surface area contributed by atoms with E-state index in [4.69, 9.17) is 5.41 Å². The van der Waals surface area contributed by atoms with E-state index >= 15 is 0 Å². The Hall–Kier alpha value is -2.24. The van der Waals surface area contributed by atoms with Crippen molar-refractivity contribution in [2.45, 2.75) is 31.1 Å². The summed E-state index contributed by atoms with van der Waals surface area (Å²) >= 11 is 1.54. The minimum atomic E-state index is 0.680. The van der Waals surface area contributed by atoms with Gasteiger partial charge in [0.1, 0.15) is 0 Å². The summed E-state index contributed by atoms with van der Waals surface area (Å²) in [6.45, 7) is 11.0. The summed E-state index contributed by atoms with van der Waals surface area (Å²) in [7, 11) is 5.98. The first-order chi connectivity index (χ1) is 13.8. The maximum Gasteiger partial charge on any atom is 0.0843 e. The van der Waals surface area contributed by atoms with E-state index in [1.165, 1.54) is 24.8 Å². The van der Waals surface area contributed by atoms with Crippen molar-refractivity contribution >= 4 is 23.2 Å². The molecule has 1 fully saturated rings. The van der Waals surface area contributed by atoms with E-state index < -0.39 is 0 Å². The molecule has 0 saturated heterocycles. The quantitative estimate of drug-likeness (QED) is 0.250. The summed E-state index contributed by atoms with van der Waals surface area (Å²) in [4.78, 5) is 3.22. The van der Waals surface area contributed by atoms with Gasteiger partial charge < -0.3 is 20.3 Å². The van der Waals surface area contributed by atoms with Crippen LogP contribution in [0.5, 0.6) is 0 Å². The van der Waals surface area contributed by atoms with Crippen molar-refractivity contribution in [3.8, 4) is 0 Å². The lowest BCUT2D eigenvalue weighted by Gasteiger charge is -2.15. The predicted molar refractivity (Wildman–Crippen MR) is 128 cm³/mol. The van der Waals surface area contributed by atoms with Gasteiger partial charge >= 0.3 is 0 Å². The van der Waals surface area contributed by atoms with Crippen LogP contribution in [0.25, 0.3) is 5.57 Å². The molecule has 5 heteroatoms. The topological polar surface area (TPSA) is 51.2 Å². The molecule has 0 unspecified atom stereocenters. The maximum absolute atomic E-state index is 8.43. The second-order valence-electron chi connectivity index (χ2n) is 7.79. The first kappa shape index (κ1) is 23.0. The van der Waals surface area contributed by atoms with Crippen LogP contribution in [0.15, 0.2) is 71.4 Å². The van der Waals surface area contributed by atoms with Crippen LogP contribution in [0, 0.1) is 11.3 Å². The van der Waals surface area contributed by atoms with Crippen molar-refractivity contribution in [2.24, 2.45) is 5.92 Å². The van der Waals surface area contributed by atoms with Gasteiger partial charge in [-0.3, -0.25) is 0 Å². The third-order valence-corrected chi connectivity index (χ3v) is 5.67. The molecule has 0 aliphatic heterocycles. The smallest absolute Gasteiger partial charge is 0.0843 e. The van der Waals surface area contributed by atoms with Crippen LogP contribution in [0.4, 0.5) is 0 Å². The van der Waals surface area contributed by atoms with Crippen LogP contribution < -0.4 is 10.0 Å². The lowest BCUT2D eigenvalue weighted by atomic mass is 10.0. The number of nitrogens with zero attached hydrogens (tertiary/aromatic N) is 1. The molecule has 1 aliphatic carbocycles. The van der Waals surface area contributed by atoms with E-state index in [0.29, 0.717) is 11.6 Å². The number of nitrogens with one attached hydrogen (secondary N) is 3. The fraction of sp³-hybridized carbons (Fsp3) is 0.375. The SMILES string of the molecule is C=C/C(=C\C(=C)c1ccc(SN/C(C(=N)CC2CC2)=C(\C)NC)cc1)CN(C)C. The molecular formula is C24H34N4S. The Balaban J connectivity index is 2.01. The molecule has 1 aromatic rings. The van der Waals surface area contributed by atoms with Gasteiger partial charge in [0.25, 0.3) is 0 Å². The zero-order chi connectivity index (χ0) is 21.4. The number of hydrogen-bond acceptors (Lipinski definition) is 5. The van der Waals surface area contributed by atoms with E-state index in [2.05, 4.69) is 58.4 Å². The number of rotatable bonds is 12. The van der Waals surface area contributed by atoms with Crippen LogP contribution >= 0.6 is 11.9 Å². The Bertz CT molecular complexity index is 799. The number of hydrogen-bond donors (Lipinski definition) is 3. The highest BCUT2D eigenvalue weighted by molar-refractivity contribution is 7.97. The second-order valence-corrected chi connectivity index (χ2v) is 8.67. The van der Waals surface area contributed by atoms with E-state index in [-0.39, 0.29) is 0 Å². The first-order valence-electron chi connectivity index (χ1n) is 10.00. The highest BCUT2D eigenvalue weighted by Gasteiger charge is 2.24. The molecule has 0 heterocycles. The van der Waals surface area contributed by atoms with Crippen LogP contribution in [0.1, 0.15) is 31.7 Å². The molecule has 0 radical (unpaired) electrons. The molecular weight excluding hydrogens is 376 g/mol. The molecule has 0 amide bonds. The lowest BCUT2D eigenvalue weighted by molar-refractivity contribution is 0.449. The van der Waals surface area contributed by atoms with Crippen molar-refractivity contribution in [1.29, 1.82) is 5.41 Å². The molecule has 0 spiro atoms. The Morgan fingerprint density at radius 1 is 1.28 bits per heavy atom. The summed E-state index contributed by atoms with van der Waals surface area (Å²) in [5.74, 6) is 0.695. The zero-order valence-corrected chi connectivity index (χ0v) is 19.0. The highest BCUT2D eigenvalue weighted by Crippen LogP contribution is 2.34. The van der Waals surface area contributed by atoms with Gasteiger partial charge in [-0.05, 0) is 87.0 Å². The van der Waals surface area contributed by atoms with Gasteiger partial charge in [0, 0.05) is 24.2 Å². The summed E-state index contributed by atoms with van der Waals surface area (Å²) in [6, 6.07) is 8.34. The monoisotopic (exact) mass is 410 g/mol. The Kier molecular flexibility index (Phi) is 8.80. The van der Waals surface area contributed by atoms with Gasteiger partial charge in [-0.25, -0.2) is 0 Å². The average Bonchev–Trinajstić information content (AvgIpc) is 3.51. The molecule has 3 N–H and O–H groups in total. The second kappa shape index (κ2) is 11.1. The van der Waals surface area contributed by atoms with Gasteiger partial charge in [-0.15, -0.1) is 0 Å². The molecule has 0 aromatic heterocycles. The zero-order valence-electron chi connectivity index (χ0n) is 18.1. The first-order valence-corrected chi connectivity index (χ1v) is 10.8. The van der Waals surface area contributed by atoms with Crippen molar-refractivity contribution in [3.05, 3.63) is 72.1 Å². The van der Waals surface area contributed by atoms with Gasteiger partial charge in [0.2, 0.25) is 0 Å². The number of benzene rings is 1. The highest BCUT2D eigenvalue weighted by atomic mass is 32.2. The maximum atomic E-state index is 8.43. The van der Waals surface area contributed by atoms with Crippen molar-refractivity contribution < 1.29 is 0 Å². The molecule has 4 nitrogen and oxygen atoms in total. The normalized spacial score (nSPS) is 15.0. The molecule has 1 aliphatic rings. The third kappa shape index (κ3) is 7.59. The largest absolute Gasteiger partial charge is 0.390 e. The Morgan fingerprint density at radius 3 is 2.45 bits per heavy atom. The third-order valence-electron chi connectivity index (χ3n) is 4.86. The van der Waals surface area contributed by atoms with E-state index in [1.807, 2.05) is 34.1 Å². The summed E-state index contributed by atoms with van der Waals surface area (Å²) in [5.41, 5.74) is 5.78. The minimum absolute atomic E-state index is 0.680. The van der Waals surface area contributed by atoms with E-state index in [1.54, 1.807) is 0 Å². The molecule has 156 valence electrons. The van der Waals surface area contributed by atoms with Crippen LogP contribution in [0.2, 0.25) is 0 Å². The summed E-state index contributed by atoms with van der Waals surface area (Å²) < 4.78 is 3.39. The molecule has 1 aromatic carbocycles. The molecule has 29 heavy (non-hydrogen) atoms. The van der Waals surface area contributed by atoms with Gasteiger partial charge in [0.05, 0.1) is 11.4 Å². The fourth-order valence-electron chi connectivity index (χ4n) is 2.89. The van der Waals surface area contributed by atoms with E-state index in [0.717, 1.165) is 46.0 Å². The number of allylic oxidation sites excluding steroid dienone is 4. The summed E-state index contributed by atoms with van der Waals surface area (Å²) in [5, 5.41) is 11.6. The van der Waals surface area contributed by atoms with E-state index in [9.17, 15) is 0 Å². The van der Waals surface area contributed by atoms with Crippen LogP contribution in [-0.2, 0) is 0 Å². The van der Waals surface area contributed by atoms with Crippen LogP contribution in [0.3, 0.4) is 0 Å². The van der Waals surface area contributed by atoms with Crippen molar-refractivity contribution in [3.63, 3.8) is 0 Å². The Labute approximate surface area is 180 Å². The van der Waals surface area contributed by atoms with Crippen molar-refractivity contribution in [2.75, 3.05) is 27.7 Å². The molecule has 0 atom stereocenters. The standard InChI is InChI=1S/C24H34N4S/c1-7-19(16-28(5)6)14-17(2)21-10-12-22(13-11-21)29-27-24(18(3)26-4)23(25)15-20-8-9-20/h7,10-14,20,25-27H,1-2,8-9,15-16H2,3-6H3/b19-14+,24-18+,25-23?. The molecule has 0 bridgehead atoms.